The topological polar surface area (TPSA) is 64.7 Å². The molecule has 19 heavy (non-hydrogen) atoms. The van der Waals surface area contributed by atoms with Crippen LogP contribution >= 0.6 is 0 Å². The van der Waals surface area contributed by atoms with Crippen molar-refractivity contribution in [2.24, 2.45) is 0 Å². The molecule has 0 saturated carbocycles. The molecule has 2 heterocycles. The van der Waals surface area contributed by atoms with E-state index in [1.807, 2.05) is 13.0 Å². The molecule has 0 atom stereocenters. The lowest BCUT2D eigenvalue weighted by molar-refractivity contribution is 0.959. The van der Waals surface area contributed by atoms with Gasteiger partial charge < -0.3 is 5.73 Å². The fourth-order valence-corrected chi connectivity index (χ4v) is 2.25. The zero-order valence-electron chi connectivity index (χ0n) is 11.4. The van der Waals surface area contributed by atoms with Gasteiger partial charge in [0.15, 0.2) is 5.65 Å². The summed E-state index contributed by atoms with van der Waals surface area (Å²) >= 11 is 0. The minimum atomic E-state index is 0.509. The summed E-state index contributed by atoms with van der Waals surface area (Å²) in [6.45, 7) is 6.19. The third-order valence-corrected chi connectivity index (χ3v) is 3.57. The van der Waals surface area contributed by atoms with Crippen LogP contribution in [0, 0.1) is 13.8 Å². The number of benzene rings is 1. The molecule has 1 aromatic carbocycles. The molecule has 0 aliphatic carbocycles. The van der Waals surface area contributed by atoms with Crippen LogP contribution in [0.25, 0.3) is 21.9 Å². The first kappa shape index (κ1) is 11.8. The molecule has 0 fully saturated rings. The number of hydrogen-bond acceptors (Lipinski definition) is 4. The van der Waals surface area contributed by atoms with Gasteiger partial charge in [-0.1, -0.05) is 19.1 Å². The maximum Gasteiger partial charge on any atom is 0.165 e. The summed E-state index contributed by atoms with van der Waals surface area (Å²) in [5, 5.41) is 1.91. The normalized spacial score (nSPS) is 11.3. The molecule has 0 spiro atoms. The second-order valence-corrected chi connectivity index (χ2v) is 4.82. The molecule has 4 heteroatoms. The van der Waals surface area contributed by atoms with Gasteiger partial charge in [0.25, 0.3) is 0 Å². The van der Waals surface area contributed by atoms with Gasteiger partial charge in [0.2, 0.25) is 0 Å². The van der Waals surface area contributed by atoms with Crippen LogP contribution in [0.15, 0.2) is 18.2 Å². The predicted octanol–water partition coefficient (Wildman–Crippen LogP) is 2.94. The van der Waals surface area contributed by atoms with E-state index in [9.17, 15) is 0 Å². The molecule has 2 N–H and O–H groups in total. The van der Waals surface area contributed by atoms with Gasteiger partial charge in [-0.05, 0) is 31.0 Å². The number of hydrogen-bond donors (Lipinski definition) is 1. The van der Waals surface area contributed by atoms with Crippen LogP contribution in [0.5, 0.6) is 0 Å². The summed E-state index contributed by atoms with van der Waals surface area (Å²) in [6, 6.07) is 6.19. The van der Waals surface area contributed by atoms with Gasteiger partial charge in [-0.3, -0.25) is 0 Å². The minimum absolute atomic E-state index is 0.509. The van der Waals surface area contributed by atoms with E-state index in [2.05, 4.69) is 40.9 Å². The highest BCUT2D eigenvalue weighted by atomic mass is 15.0. The van der Waals surface area contributed by atoms with Gasteiger partial charge in [0.1, 0.15) is 11.6 Å². The number of pyridine rings is 1. The van der Waals surface area contributed by atoms with Crippen molar-refractivity contribution >= 4 is 27.8 Å². The molecule has 0 radical (unpaired) electrons. The zero-order chi connectivity index (χ0) is 13.6. The number of nitrogens with zero attached hydrogens (tertiary/aromatic N) is 3. The molecule has 3 rings (SSSR count). The summed E-state index contributed by atoms with van der Waals surface area (Å²) in [5.41, 5.74) is 10.1. The van der Waals surface area contributed by atoms with Crippen molar-refractivity contribution in [2.45, 2.75) is 27.2 Å². The van der Waals surface area contributed by atoms with E-state index in [1.54, 1.807) is 0 Å². The van der Waals surface area contributed by atoms with Gasteiger partial charge in [-0.2, -0.15) is 0 Å². The Morgan fingerprint density at radius 3 is 2.63 bits per heavy atom. The van der Waals surface area contributed by atoms with Crippen LogP contribution in [0.2, 0.25) is 0 Å². The summed E-state index contributed by atoms with van der Waals surface area (Å²) < 4.78 is 0. The largest absolute Gasteiger partial charge is 0.383 e. The number of fused-ring (bicyclic) bond motifs is 2. The lowest BCUT2D eigenvalue weighted by atomic mass is 10.0. The minimum Gasteiger partial charge on any atom is -0.383 e. The van der Waals surface area contributed by atoms with Crippen LogP contribution in [0.4, 0.5) is 5.82 Å². The molecule has 4 nitrogen and oxygen atoms in total. The molecule has 3 aromatic rings. The Labute approximate surface area is 111 Å². The number of aryl methyl sites for hydroxylation is 3. The molecule has 0 amide bonds. The second kappa shape index (κ2) is 4.16. The first-order valence-electron chi connectivity index (χ1n) is 6.43. The summed E-state index contributed by atoms with van der Waals surface area (Å²) in [5.74, 6) is 1.25. The molecule has 0 aliphatic rings. The summed E-state index contributed by atoms with van der Waals surface area (Å²) in [6.07, 6.45) is 0.757. The average Bonchev–Trinajstić information content (AvgIpc) is 2.42. The van der Waals surface area contributed by atoms with E-state index < -0.39 is 0 Å². The summed E-state index contributed by atoms with van der Waals surface area (Å²) in [7, 11) is 0. The van der Waals surface area contributed by atoms with E-state index in [0.717, 1.165) is 28.5 Å². The van der Waals surface area contributed by atoms with E-state index in [4.69, 9.17) is 5.73 Å². The highest BCUT2D eigenvalue weighted by Crippen LogP contribution is 2.25. The Balaban J connectivity index is 2.45. The van der Waals surface area contributed by atoms with Crippen molar-refractivity contribution in [3.63, 3.8) is 0 Å². The van der Waals surface area contributed by atoms with Crippen molar-refractivity contribution < 1.29 is 0 Å². The van der Waals surface area contributed by atoms with Crippen molar-refractivity contribution in [3.8, 4) is 0 Å². The highest BCUT2D eigenvalue weighted by molar-refractivity contribution is 5.97. The van der Waals surface area contributed by atoms with Crippen LogP contribution < -0.4 is 5.73 Å². The van der Waals surface area contributed by atoms with Gasteiger partial charge >= 0.3 is 0 Å². The van der Waals surface area contributed by atoms with Gasteiger partial charge in [0, 0.05) is 11.8 Å². The fraction of sp³-hybridized carbons (Fsp3) is 0.267. The van der Waals surface area contributed by atoms with E-state index in [0.29, 0.717) is 11.5 Å². The highest BCUT2D eigenvalue weighted by Gasteiger charge is 2.09. The van der Waals surface area contributed by atoms with Crippen molar-refractivity contribution in [3.05, 3.63) is 35.2 Å². The van der Waals surface area contributed by atoms with Crippen LogP contribution in [0.1, 0.15) is 23.9 Å². The fourth-order valence-electron chi connectivity index (χ4n) is 2.25. The quantitative estimate of drug-likeness (QED) is 0.676. The van der Waals surface area contributed by atoms with Gasteiger partial charge in [-0.25, -0.2) is 15.0 Å². The van der Waals surface area contributed by atoms with E-state index >= 15 is 0 Å². The molecule has 96 valence electrons. The predicted molar refractivity (Wildman–Crippen MR) is 78.1 cm³/mol. The maximum atomic E-state index is 6.00. The zero-order valence-corrected chi connectivity index (χ0v) is 11.4. The van der Waals surface area contributed by atoms with Gasteiger partial charge in [-0.15, -0.1) is 0 Å². The number of aromatic nitrogens is 3. The average molecular weight is 252 g/mol. The monoisotopic (exact) mass is 252 g/mol. The smallest absolute Gasteiger partial charge is 0.165 e. The number of rotatable bonds is 1. The Morgan fingerprint density at radius 2 is 1.89 bits per heavy atom. The first-order valence-corrected chi connectivity index (χ1v) is 6.43. The molecule has 0 bridgehead atoms. The maximum absolute atomic E-state index is 6.00. The second-order valence-electron chi connectivity index (χ2n) is 4.82. The Morgan fingerprint density at radius 1 is 1.11 bits per heavy atom. The Bertz CT molecular complexity index is 793. The van der Waals surface area contributed by atoms with Crippen LogP contribution in [0.3, 0.4) is 0 Å². The Kier molecular flexibility index (Phi) is 2.59. The van der Waals surface area contributed by atoms with E-state index in [1.165, 1.54) is 11.1 Å². The SMILES string of the molecule is CCc1nc(N)c2cc3ccc(C)c(C)c3nc2n1. The van der Waals surface area contributed by atoms with Crippen LogP contribution in [-0.2, 0) is 6.42 Å². The van der Waals surface area contributed by atoms with Crippen molar-refractivity contribution in [1.82, 2.24) is 15.0 Å². The molecule has 2 aromatic heterocycles. The standard InChI is InChI=1S/C15H16N4/c1-4-12-17-14(16)11-7-10-6-5-8(2)9(3)13(10)19-15(11)18-12/h5-7H,4H2,1-3H3,(H2,16,17,18,19). The van der Waals surface area contributed by atoms with Crippen molar-refractivity contribution in [1.29, 1.82) is 0 Å². The molecule has 0 unspecified atom stereocenters. The lowest BCUT2D eigenvalue weighted by Gasteiger charge is -2.08. The first-order chi connectivity index (χ1) is 9.10. The number of nitrogen functional groups attached to an aromatic ring is 1. The lowest BCUT2D eigenvalue weighted by Crippen LogP contribution is -2.02. The van der Waals surface area contributed by atoms with Crippen LogP contribution in [-0.4, -0.2) is 15.0 Å². The summed E-state index contributed by atoms with van der Waals surface area (Å²) in [4.78, 5) is 13.4. The number of nitrogens with two attached hydrogens (primary N) is 1. The Hall–Kier alpha value is -2.23. The molecule has 0 aliphatic heterocycles. The third-order valence-electron chi connectivity index (χ3n) is 3.57. The molecule has 0 saturated heterocycles. The molecular weight excluding hydrogens is 236 g/mol. The molecular formula is C15H16N4. The third kappa shape index (κ3) is 1.80. The van der Waals surface area contributed by atoms with Crippen molar-refractivity contribution in [2.75, 3.05) is 5.73 Å². The van der Waals surface area contributed by atoms with E-state index in [-0.39, 0.29) is 0 Å². The number of anilines is 1. The van der Waals surface area contributed by atoms with Gasteiger partial charge in [0.05, 0.1) is 10.9 Å².